The third kappa shape index (κ3) is 4.77. The van der Waals surface area contributed by atoms with Crippen molar-refractivity contribution in [3.63, 3.8) is 0 Å². The molecule has 1 atom stereocenters. The van der Waals surface area contributed by atoms with E-state index in [1.165, 1.54) is 11.8 Å². The van der Waals surface area contributed by atoms with Gasteiger partial charge in [-0.25, -0.2) is 4.79 Å². The number of amides is 3. The van der Waals surface area contributed by atoms with Crippen molar-refractivity contribution in [3.8, 4) is 0 Å². The molecule has 3 amide bonds. The summed E-state index contributed by atoms with van der Waals surface area (Å²) in [5.41, 5.74) is 9.18. The van der Waals surface area contributed by atoms with Gasteiger partial charge in [0.2, 0.25) is 5.91 Å². The van der Waals surface area contributed by atoms with Gasteiger partial charge in [0.1, 0.15) is 6.10 Å². The van der Waals surface area contributed by atoms with Gasteiger partial charge in [0.25, 0.3) is 5.91 Å². The molecule has 9 heteroatoms. The fourth-order valence-electron chi connectivity index (χ4n) is 3.62. The highest BCUT2D eigenvalue weighted by atomic mass is 32.2. The van der Waals surface area contributed by atoms with Crippen LogP contribution in [0, 0.1) is 6.92 Å². The third-order valence-corrected chi connectivity index (χ3v) is 6.30. The van der Waals surface area contributed by atoms with E-state index >= 15 is 0 Å². The number of hydrogen-bond donors (Lipinski definition) is 3. The molecular formula is C22H24N4O4S. The first kappa shape index (κ1) is 21.0. The van der Waals surface area contributed by atoms with Crippen LogP contribution in [0.3, 0.4) is 0 Å². The van der Waals surface area contributed by atoms with Crippen molar-refractivity contribution < 1.29 is 19.1 Å². The van der Waals surface area contributed by atoms with Crippen LogP contribution >= 0.6 is 11.8 Å². The molecule has 2 aliphatic heterocycles. The number of cyclic esters (lactones) is 1. The molecule has 4 rings (SSSR count). The Hall–Kier alpha value is -3.20. The lowest BCUT2D eigenvalue weighted by Crippen LogP contribution is -2.27. The Labute approximate surface area is 184 Å². The number of carbonyl (C=O) groups is 3. The number of aryl methyl sites for hydroxylation is 1. The van der Waals surface area contributed by atoms with Crippen LogP contribution in [0.4, 0.5) is 21.9 Å². The average molecular weight is 441 g/mol. The summed E-state index contributed by atoms with van der Waals surface area (Å²) >= 11 is 1.48. The lowest BCUT2D eigenvalue weighted by atomic mass is 10.1. The SMILES string of the molecule is Cc1ccc(N)c(C(=O)NCCCC2CN(c3ccc4c(c3)NC(=O)CS4)C(=O)O2)c1. The Morgan fingerprint density at radius 1 is 1.29 bits per heavy atom. The van der Waals surface area contributed by atoms with Crippen molar-refractivity contribution >= 4 is 46.7 Å². The highest BCUT2D eigenvalue weighted by molar-refractivity contribution is 8.00. The summed E-state index contributed by atoms with van der Waals surface area (Å²) in [6, 6.07) is 10.9. The van der Waals surface area contributed by atoms with E-state index < -0.39 is 6.09 Å². The number of nitrogens with one attached hydrogen (secondary N) is 2. The molecule has 1 saturated heterocycles. The number of ether oxygens (including phenoxy) is 1. The first-order chi connectivity index (χ1) is 14.9. The van der Waals surface area contributed by atoms with E-state index in [0.29, 0.717) is 54.3 Å². The van der Waals surface area contributed by atoms with E-state index in [0.717, 1.165) is 10.5 Å². The quantitative estimate of drug-likeness (QED) is 0.470. The fourth-order valence-corrected chi connectivity index (χ4v) is 4.40. The van der Waals surface area contributed by atoms with E-state index in [4.69, 9.17) is 10.5 Å². The van der Waals surface area contributed by atoms with Crippen LogP contribution < -0.4 is 21.3 Å². The Bertz CT molecular complexity index is 1040. The normalized spacial score (nSPS) is 17.7. The zero-order chi connectivity index (χ0) is 22.0. The third-order valence-electron chi connectivity index (χ3n) is 5.22. The monoisotopic (exact) mass is 440 g/mol. The van der Waals surface area contributed by atoms with Gasteiger partial charge >= 0.3 is 6.09 Å². The molecule has 31 heavy (non-hydrogen) atoms. The average Bonchev–Trinajstić information content (AvgIpc) is 3.12. The number of hydrogen-bond acceptors (Lipinski definition) is 6. The summed E-state index contributed by atoms with van der Waals surface area (Å²) in [4.78, 5) is 38.8. The Balaban J connectivity index is 1.28. The van der Waals surface area contributed by atoms with Gasteiger partial charge in [-0.2, -0.15) is 0 Å². The molecule has 1 fully saturated rings. The highest BCUT2D eigenvalue weighted by Crippen LogP contribution is 2.35. The van der Waals surface area contributed by atoms with E-state index in [1.54, 1.807) is 23.1 Å². The minimum absolute atomic E-state index is 0.0500. The molecular weight excluding hydrogens is 416 g/mol. The van der Waals surface area contributed by atoms with Gasteiger partial charge in [-0.3, -0.25) is 14.5 Å². The number of nitrogens with zero attached hydrogens (tertiary/aromatic N) is 1. The minimum atomic E-state index is -0.406. The second kappa shape index (κ2) is 8.89. The Morgan fingerprint density at radius 2 is 2.13 bits per heavy atom. The van der Waals surface area contributed by atoms with E-state index in [9.17, 15) is 14.4 Å². The van der Waals surface area contributed by atoms with Gasteiger partial charge in [0.15, 0.2) is 0 Å². The van der Waals surface area contributed by atoms with E-state index in [2.05, 4.69) is 10.6 Å². The summed E-state index contributed by atoms with van der Waals surface area (Å²) in [6.07, 6.45) is 0.633. The molecule has 162 valence electrons. The smallest absolute Gasteiger partial charge is 0.414 e. The van der Waals surface area contributed by atoms with Crippen molar-refractivity contribution in [1.29, 1.82) is 0 Å². The van der Waals surface area contributed by atoms with Crippen LogP contribution in [-0.4, -0.2) is 42.9 Å². The number of nitrogen functional groups attached to an aromatic ring is 1. The maximum absolute atomic E-state index is 12.3. The number of rotatable bonds is 6. The Kier molecular flexibility index (Phi) is 6.03. The van der Waals surface area contributed by atoms with E-state index in [-0.39, 0.29) is 17.9 Å². The molecule has 1 unspecified atom stereocenters. The topological polar surface area (TPSA) is 114 Å². The maximum atomic E-state index is 12.3. The van der Waals surface area contributed by atoms with Crippen LogP contribution in [0.15, 0.2) is 41.3 Å². The fraction of sp³-hybridized carbons (Fsp3) is 0.318. The largest absolute Gasteiger partial charge is 0.444 e. The molecule has 0 spiro atoms. The number of carbonyl (C=O) groups excluding carboxylic acids is 3. The zero-order valence-electron chi connectivity index (χ0n) is 17.1. The molecule has 0 radical (unpaired) electrons. The van der Waals surface area contributed by atoms with Crippen molar-refractivity contribution in [2.24, 2.45) is 0 Å². The molecule has 0 aliphatic carbocycles. The summed E-state index contributed by atoms with van der Waals surface area (Å²) in [5.74, 6) is 0.138. The lowest BCUT2D eigenvalue weighted by molar-refractivity contribution is -0.113. The highest BCUT2D eigenvalue weighted by Gasteiger charge is 2.32. The van der Waals surface area contributed by atoms with Gasteiger partial charge in [-0.1, -0.05) is 11.6 Å². The first-order valence-electron chi connectivity index (χ1n) is 10.1. The van der Waals surface area contributed by atoms with Crippen LogP contribution in [0.5, 0.6) is 0 Å². The van der Waals surface area contributed by atoms with E-state index in [1.807, 2.05) is 25.1 Å². The molecule has 0 aromatic heterocycles. The van der Waals surface area contributed by atoms with Crippen LogP contribution in [0.25, 0.3) is 0 Å². The van der Waals surface area contributed by atoms with Gasteiger partial charge in [0.05, 0.1) is 23.5 Å². The predicted molar refractivity (Wildman–Crippen MR) is 121 cm³/mol. The summed E-state index contributed by atoms with van der Waals surface area (Å²) in [5, 5.41) is 5.70. The van der Waals surface area contributed by atoms with Gasteiger partial charge < -0.3 is 21.1 Å². The second-order valence-corrected chi connectivity index (χ2v) is 8.64. The second-order valence-electron chi connectivity index (χ2n) is 7.62. The molecule has 8 nitrogen and oxygen atoms in total. The molecule has 0 bridgehead atoms. The molecule has 4 N–H and O–H groups in total. The summed E-state index contributed by atoms with van der Waals surface area (Å²) in [7, 11) is 0. The predicted octanol–water partition coefficient (Wildman–Crippen LogP) is 3.16. The number of anilines is 3. The van der Waals surface area contributed by atoms with Crippen molar-refractivity contribution in [2.75, 3.05) is 34.8 Å². The van der Waals surface area contributed by atoms with Gasteiger partial charge in [-0.05, 0) is 50.1 Å². The minimum Gasteiger partial charge on any atom is -0.444 e. The summed E-state index contributed by atoms with van der Waals surface area (Å²) in [6.45, 7) is 2.80. The van der Waals surface area contributed by atoms with Crippen molar-refractivity contribution in [2.45, 2.75) is 30.8 Å². The standard InChI is InChI=1S/C22H24N4O4S/c1-13-4-6-17(23)16(9-13)21(28)24-8-2-3-15-11-26(22(29)30-15)14-5-7-19-18(10-14)25-20(27)12-31-19/h4-7,9-10,15H,2-3,8,11-12,23H2,1H3,(H,24,28)(H,25,27). The number of thioether (sulfide) groups is 1. The molecule has 2 aliphatic rings. The zero-order valence-corrected chi connectivity index (χ0v) is 18.0. The number of benzene rings is 2. The molecule has 0 saturated carbocycles. The molecule has 2 heterocycles. The lowest BCUT2D eigenvalue weighted by Gasteiger charge is -2.20. The number of nitrogens with two attached hydrogens (primary N) is 1. The maximum Gasteiger partial charge on any atom is 0.414 e. The van der Waals surface area contributed by atoms with Crippen molar-refractivity contribution in [1.82, 2.24) is 5.32 Å². The first-order valence-corrected chi connectivity index (χ1v) is 11.1. The molecule has 2 aromatic carbocycles. The van der Waals surface area contributed by atoms with Crippen LogP contribution in [0.1, 0.15) is 28.8 Å². The van der Waals surface area contributed by atoms with Gasteiger partial charge in [0, 0.05) is 22.8 Å². The van der Waals surface area contributed by atoms with Gasteiger partial charge in [-0.15, -0.1) is 11.8 Å². The van der Waals surface area contributed by atoms with Crippen LogP contribution in [-0.2, 0) is 9.53 Å². The van der Waals surface area contributed by atoms with Crippen LogP contribution in [0.2, 0.25) is 0 Å². The van der Waals surface area contributed by atoms with Crippen molar-refractivity contribution in [3.05, 3.63) is 47.5 Å². The Morgan fingerprint density at radius 3 is 2.97 bits per heavy atom. The summed E-state index contributed by atoms with van der Waals surface area (Å²) < 4.78 is 5.48. The number of fused-ring (bicyclic) bond motifs is 1. The molecule has 2 aromatic rings.